The maximum atomic E-state index is 12.0. The Morgan fingerprint density at radius 1 is 1.35 bits per heavy atom. The van der Waals surface area contributed by atoms with Crippen LogP contribution in [-0.2, 0) is 6.54 Å². The van der Waals surface area contributed by atoms with Crippen LogP contribution in [0.25, 0.3) is 0 Å². The number of aromatic nitrogens is 2. The number of carbonyl (C=O) groups is 1. The number of nitrogens with zero attached hydrogens (tertiary/aromatic N) is 2. The molecule has 0 spiro atoms. The Balaban J connectivity index is 2.00. The van der Waals surface area contributed by atoms with E-state index in [4.69, 9.17) is 16.3 Å². The maximum absolute atomic E-state index is 12.0. The summed E-state index contributed by atoms with van der Waals surface area (Å²) in [6.45, 7) is 2.18. The molecular formula is C14H14ClN3O2. The van der Waals surface area contributed by atoms with E-state index in [0.717, 1.165) is 11.3 Å². The van der Waals surface area contributed by atoms with Gasteiger partial charge in [-0.2, -0.15) is 0 Å². The number of halogens is 1. The molecule has 0 fully saturated rings. The minimum Gasteiger partial charge on any atom is -0.481 e. The molecule has 0 radical (unpaired) electrons. The second-order valence-corrected chi connectivity index (χ2v) is 4.60. The van der Waals surface area contributed by atoms with Crippen molar-refractivity contribution in [2.45, 2.75) is 13.5 Å². The summed E-state index contributed by atoms with van der Waals surface area (Å²) in [5, 5.41) is 3.16. The average Bonchev–Trinajstić information content (AvgIpc) is 2.45. The molecule has 104 valence electrons. The molecule has 0 bridgehead atoms. The van der Waals surface area contributed by atoms with E-state index < -0.39 is 0 Å². The molecule has 6 heteroatoms. The molecule has 0 unspecified atom stereocenters. The van der Waals surface area contributed by atoms with Gasteiger partial charge in [-0.15, -0.1) is 0 Å². The number of rotatable bonds is 4. The average molecular weight is 292 g/mol. The second-order valence-electron chi connectivity index (χ2n) is 4.20. The number of hydrogen-bond donors (Lipinski definition) is 1. The van der Waals surface area contributed by atoms with Gasteiger partial charge in [0.25, 0.3) is 5.91 Å². The molecule has 1 amide bonds. The first-order valence-corrected chi connectivity index (χ1v) is 6.37. The van der Waals surface area contributed by atoms with Crippen LogP contribution in [-0.4, -0.2) is 23.0 Å². The molecule has 2 heterocycles. The predicted molar refractivity (Wildman–Crippen MR) is 75.9 cm³/mol. The van der Waals surface area contributed by atoms with Crippen LogP contribution in [0.1, 0.15) is 21.6 Å². The van der Waals surface area contributed by atoms with Gasteiger partial charge in [-0.25, -0.2) is 4.98 Å². The number of ether oxygens (including phenoxy) is 1. The Labute approximate surface area is 122 Å². The third-order valence-corrected chi connectivity index (χ3v) is 3.01. The quantitative estimate of drug-likeness (QED) is 0.939. The normalized spacial score (nSPS) is 10.2. The van der Waals surface area contributed by atoms with E-state index in [1.54, 1.807) is 25.4 Å². The summed E-state index contributed by atoms with van der Waals surface area (Å²) in [7, 11) is 1.55. The lowest BCUT2D eigenvalue weighted by atomic mass is 10.2. The van der Waals surface area contributed by atoms with Crippen molar-refractivity contribution < 1.29 is 9.53 Å². The molecule has 20 heavy (non-hydrogen) atoms. The lowest BCUT2D eigenvalue weighted by molar-refractivity contribution is 0.0950. The Bertz CT molecular complexity index is 614. The van der Waals surface area contributed by atoms with Gasteiger partial charge in [0.15, 0.2) is 0 Å². The van der Waals surface area contributed by atoms with Gasteiger partial charge in [-0.05, 0) is 18.6 Å². The fourth-order valence-electron chi connectivity index (χ4n) is 1.61. The fourth-order valence-corrected chi connectivity index (χ4v) is 1.90. The fraction of sp³-hybridized carbons (Fsp3) is 0.214. The zero-order chi connectivity index (χ0) is 14.5. The third kappa shape index (κ3) is 3.45. The highest BCUT2D eigenvalue weighted by Gasteiger charge is 2.10. The zero-order valence-electron chi connectivity index (χ0n) is 11.2. The minimum atomic E-state index is -0.265. The molecule has 0 aliphatic heterocycles. The minimum absolute atomic E-state index is 0.265. The van der Waals surface area contributed by atoms with Crippen LogP contribution in [0.5, 0.6) is 5.88 Å². The number of nitrogens with one attached hydrogen (secondary N) is 1. The van der Waals surface area contributed by atoms with Crippen LogP contribution in [0.15, 0.2) is 30.6 Å². The van der Waals surface area contributed by atoms with E-state index in [9.17, 15) is 4.79 Å². The van der Waals surface area contributed by atoms with Crippen molar-refractivity contribution in [3.8, 4) is 5.88 Å². The summed E-state index contributed by atoms with van der Waals surface area (Å²) in [6.07, 6.45) is 3.12. The highest BCUT2D eigenvalue weighted by atomic mass is 35.5. The third-order valence-electron chi connectivity index (χ3n) is 2.69. The standard InChI is InChI=1S/C14H14ClN3O2/c1-9-5-12(15)11(8-16-9)14(19)18-7-10-3-4-13(20-2)17-6-10/h3-6,8H,7H2,1-2H3,(H,18,19). The smallest absolute Gasteiger partial charge is 0.254 e. The van der Waals surface area contributed by atoms with Crippen LogP contribution in [0.3, 0.4) is 0 Å². The molecular weight excluding hydrogens is 278 g/mol. The summed E-state index contributed by atoms with van der Waals surface area (Å²) in [5.74, 6) is 0.268. The van der Waals surface area contributed by atoms with Gasteiger partial charge in [-0.1, -0.05) is 17.7 Å². The Morgan fingerprint density at radius 3 is 2.75 bits per heavy atom. The second kappa shape index (κ2) is 6.34. The molecule has 0 aromatic carbocycles. The number of pyridine rings is 2. The lowest BCUT2D eigenvalue weighted by Crippen LogP contribution is -2.23. The first kappa shape index (κ1) is 14.3. The van der Waals surface area contributed by atoms with Gasteiger partial charge in [0.2, 0.25) is 5.88 Å². The highest BCUT2D eigenvalue weighted by molar-refractivity contribution is 6.33. The lowest BCUT2D eigenvalue weighted by Gasteiger charge is -2.07. The zero-order valence-corrected chi connectivity index (χ0v) is 11.9. The summed E-state index contributed by atoms with van der Waals surface area (Å²) in [4.78, 5) is 20.1. The van der Waals surface area contributed by atoms with Gasteiger partial charge in [-0.3, -0.25) is 9.78 Å². The van der Waals surface area contributed by atoms with Crippen molar-refractivity contribution in [3.63, 3.8) is 0 Å². The van der Waals surface area contributed by atoms with E-state index in [0.29, 0.717) is 23.0 Å². The molecule has 0 atom stereocenters. The summed E-state index contributed by atoms with van der Waals surface area (Å²) < 4.78 is 4.97. The number of methoxy groups -OCH3 is 1. The molecule has 2 aromatic rings. The van der Waals surface area contributed by atoms with Gasteiger partial charge in [0.05, 0.1) is 17.7 Å². The van der Waals surface area contributed by atoms with Gasteiger partial charge < -0.3 is 10.1 Å². The molecule has 0 aliphatic rings. The van der Waals surface area contributed by atoms with Crippen LogP contribution in [0, 0.1) is 6.92 Å². The highest BCUT2D eigenvalue weighted by Crippen LogP contribution is 2.15. The first-order valence-electron chi connectivity index (χ1n) is 5.99. The SMILES string of the molecule is COc1ccc(CNC(=O)c2cnc(C)cc2Cl)cn1. The number of amides is 1. The first-order chi connectivity index (χ1) is 9.60. The van der Waals surface area contributed by atoms with E-state index >= 15 is 0 Å². The van der Waals surface area contributed by atoms with Crippen molar-refractivity contribution in [3.05, 3.63) is 52.4 Å². The van der Waals surface area contributed by atoms with E-state index in [-0.39, 0.29) is 5.91 Å². The number of aryl methyl sites for hydroxylation is 1. The van der Waals surface area contributed by atoms with Crippen LogP contribution in [0.4, 0.5) is 0 Å². The predicted octanol–water partition coefficient (Wildman–Crippen LogP) is 2.38. The van der Waals surface area contributed by atoms with Crippen LogP contribution < -0.4 is 10.1 Å². The van der Waals surface area contributed by atoms with Gasteiger partial charge >= 0.3 is 0 Å². The van der Waals surface area contributed by atoms with Crippen molar-refractivity contribution in [2.24, 2.45) is 0 Å². The van der Waals surface area contributed by atoms with E-state index in [1.165, 1.54) is 6.20 Å². The van der Waals surface area contributed by atoms with Crippen molar-refractivity contribution in [1.82, 2.24) is 15.3 Å². The van der Waals surface area contributed by atoms with E-state index in [2.05, 4.69) is 15.3 Å². The van der Waals surface area contributed by atoms with E-state index in [1.807, 2.05) is 13.0 Å². The summed E-state index contributed by atoms with van der Waals surface area (Å²) >= 11 is 6.02. The van der Waals surface area contributed by atoms with Gasteiger partial charge in [0, 0.05) is 30.7 Å². The molecule has 5 nitrogen and oxygen atoms in total. The number of carbonyl (C=O) groups excluding carboxylic acids is 1. The maximum Gasteiger partial charge on any atom is 0.254 e. The van der Waals surface area contributed by atoms with Crippen molar-refractivity contribution in [1.29, 1.82) is 0 Å². The van der Waals surface area contributed by atoms with Gasteiger partial charge in [0.1, 0.15) is 0 Å². The topological polar surface area (TPSA) is 64.1 Å². The summed E-state index contributed by atoms with van der Waals surface area (Å²) in [6, 6.07) is 5.23. The number of hydrogen-bond acceptors (Lipinski definition) is 4. The molecule has 1 N–H and O–H groups in total. The molecule has 0 saturated carbocycles. The Morgan fingerprint density at radius 2 is 2.15 bits per heavy atom. The largest absolute Gasteiger partial charge is 0.481 e. The van der Waals surface area contributed by atoms with Crippen LogP contribution in [0.2, 0.25) is 5.02 Å². The summed E-state index contributed by atoms with van der Waals surface area (Å²) in [5.41, 5.74) is 2.00. The van der Waals surface area contributed by atoms with Crippen molar-refractivity contribution in [2.75, 3.05) is 7.11 Å². The molecule has 0 aliphatic carbocycles. The monoisotopic (exact) mass is 291 g/mol. The van der Waals surface area contributed by atoms with Crippen molar-refractivity contribution >= 4 is 17.5 Å². The molecule has 2 rings (SSSR count). The Kier molecular flexibility index (Phi) is 4.53. The Hall–Kier alpha value is -2.14. The molecule has 2 aromatic heterocycles. The molecule has 0 saturated heterocycles. The van der Waals surface area contributed by atoms with Crippen LogP contribution >= 0.6 is 11.6 Å².